The molecule has 0 fully saturated rings. The van der Waals surface area contributed by atoms with Gasteiger partial charge in [0.1, 0.15) is 0 Å². The van der Waals surface area contributed by atoms with Crippen molar-refractivity contribution in [2.45, 2.75) is 97.8 Å². The molecule has 0 radical (unpaired) electrons. The molecule has 1 N–H and O–H groups in total. The van der Waals surface area contributed by atoms with Gasteiger partial charge >= 0.3 is 17.9 Å². The van der Waals surface area contributed by atoms with Crippen LogP contribution < -0.4 is 0 Å². The highest BCUT2D eigenvalue weighted by Gasteiger charge is 2.04. The van der Waals surface area contributed by atoms with E-state index >= 15 is 0 Å². The lowest BCUT2D eigenvalue weighted by Gasteiger charge is -2.02. The zero-order valence-electron chi connectivity index (χ0n) is 21.9. The maximum Gasteiger partial charge on any atom is 0.337 e. The molecule has 0 saturated carbocycles. The molecule has 0 aromatic carbocycles. The summed E-state index contributed by atoms with van der Waals surface area (Å²) in [6, 6.07) is 0. The summed E-state index contributed by atoms with van der Waals surface area (Å²) < 4.78 is 9.07. The van der Waals surface area contributed by atoms with Gasteiger partial charge in [-0.25, -0.2) is 14.4 Å². The van der Waals surface area contributed by atoms with Crippen molar-refractivity contribution in [1.82, 2.24) is 0 Å². The van der Waals surface area contributed by atoms with Gasteiger partial charge in [0.25, 0.3) is 0 Å². The molecule has 0 aliphatic carbocycles. The van der Waals surface area contributed by atoms with Gasteiger partial charge < -0.3 is 14.6 Å². The van der Waals surface area contributed by atoms with E-state index in [0.29, 0.717) is 12.2 Å². The number of carbonyl (C=O) groups is 3. The van der Waals surface area contributed by atoms with Crippen LogP contribution in [0.2, 0.25) is 0 Å². The van der Waals surface area contributed by atoms with Gasteiger partial charge in [-0.1, -0.05) is 91.2 Å². The van der Waals surface area contributed by atoms with Crippen LogP contribution in [0, 0.1) is 0 Å². The predicted octanol–water partition coefficient (Wildman–Crippen LogP) is 7.10. The van der Waals surface area contributed by atoms with E-state index in [1.807, 2.05) is 6.92 Å². The van der Waals surface area contributed by atoms with Crippen molar-refractivity contribution < 1.29 is 29.0 Å². The molecule has 34 heavy (non-hydrogen) atoms. The van der Waals surface area contributed by atoms with Crippen LogP contribution in [0.3, 0.4) is 0 Å². The fraction of sp³-hybridized carbons (Fsp3) is 0.667. The van der Waals surface area contributed by atoms with Crippen molar-refractivity contribution in [2.75, 3.05) is 19.5 Å². The Balaban J connectivity index is -0.000000448. The molecular formula is C27H48O6S. The van der Waals surface area contributed by atoms with E-state index in [0.717, 1.165) is 30.7 Å². The minimum Gasteiger partial charge on any atom is -0.478 e. The Bertz CT molecular complexity index is 574. The monoisotopic (exact) mass is 500 g/mol. The first-order chi connectivity index (χ1) is 16.2. The van der Waals surface area contributed by atoms with Gasteiger partial charge in [-0.05, 0) is 31.6 Å². The van der Waals surface area contributed by atoms with E-state index in [9.17, 15) is 14.4 Å². The molecule has 0 aromatic heterocycles. The first kappa shape index (κ1) is 36.5. The molecule has 0 unspecified atom stereocenters. The molecule has 0 rings (SSSR count). The Kier molecular flexibility index (Phi) is 31.2. The lowest BCUT2D eigenvalue weighted by atomic mass is 10.1. The Morgan fingerprint density at radius 2 is 1.26 bits per heavy atom. The molecule has 7 heteroatoms. The van der Waals surface area contributed by atoms with Crippen LogP contribution in [0.25, 0.3) is 0 Å². The number of carboxylic acid groups (broad SMARTS) is 1. The van der Waals surface area contributed by atoms with Crippen LogP contribution in [0.4, 0.5) is 0 Å². The number of carboxylic acids is 1. The Labute approximate surface area is 213 Å². The highest BCUT2D eigenvalue weighted by molar-refractivity contribution is 7.80. The number of methoxy groups -OCH3 is 1. The quantitative estimate of drug-likeness (QED) is 0.0728. The molecule has 0 aliphatic heterocycles. The van der Waals surface area contributed by atoms with Crippen LogP contribution in [0.5, 0.6) is 0 Å². The van der Waals surface area contributed by atoms with Crippen LogP contribution in [-0.2, 0) is 23.9 Å². The summed E-state index contributed by atoms with van der Waals surface area (Å²) in [5, 5.41) is 8.28. The zero-order chi connectivity index (χ0) is 26.6. The number of rotatable bonds is 17. The van der Waals surface area contributed by atoms with E-state index in [1.54, 1.807) is 6.92 Å². The van der Waals surface area contributed by atoms with Gasteiger partial charge in [0.2, 0.25) is 0 Å². The van der Waals surface area contributed by atoms with Crippen molar-refractivity contribution >= 4 is 30.5 Å². The van der Waals surface area contributed by atoms with E-state index in [-0.39, 0.29) is 11.5 Å². The molecule has 198 valence electrons. The number of ether oxygens (including phenoxy) is 2. The van der Waals surface area contributed by atoms with Crippen LogP contribution >= 0.6 is 12.6 Å². The largest absolute Gasteiger partial charge is 0.478 e. The van der Waals surface area contributed by atoms with Gasteiger partial charge in [0, 0.05) is 11.6 Å². The maximum absolute atomic E-state index is 11.1. The summed E-state index contributed by atoms with van der Waals surface area (Å²) in [4.78, 5) is 31.4. The Morgan fingerprint density at radius 1 is 0.794 bits per heavy atom. The molecule has 0 saturated heterocycles. The summed E-state index contributed by atoms with van der Waals surface area (Å²) in [5.74, 6) is -0.972. The average molecular weight is 501 g/mol. The first-order valence-electron chi connectivity index (χ1n) is 12.3. The highest BCUT2D eigenvalue weighted by atomic mass is 32.1. The van der Waals surface area contributed by atoms with Crippen molar-refractivity contribution in [2.24, 2.45) is 0 Å². The summed E-state index contributed by atoms with van der Waals surface area (Å²) in [5.41, 5.74) is 0.478. The summed E-state index contributed by atoms with van der Waals surface area (Å²) >= 11 is 4.20. The standard InChI is InChI=1S/C12H26S.C10H14O4.C5H8O2/c1-2-3-4-5-6-7-8-9-10-11-12-13;1-3-4-7-14-10(13)8(2)5-6-9(11)12;1-4(2)5(6)7-3/h13H,2-12H2,1H3;5-6H,2-4,7H2,1H3,(H,11,12);1H2,2-3H3. The average Bonchev–Trinajstić information content (AvgIpc) is 2.81. The number of aliphatic carboxylic acids is 1. The van der Waals surface area contributed by atoms with Gasteiger partial charge in [0.15, 0.2) is 0 Å². The second-order valence-corrected chi connectivity index (χ2v) is 8.31. The van der Waals surface area contributed by atoms with E-state index in [1.165, 1.54) is 71.3 Å². The van der Waals surface area contributed by atoms with Gasteiger partial charge in [-0.2, -0.15) is 12.6 Å². The van der Waals surface area contributed by atoms with E-state index in [2.05, 4.69) is 37.4 Å². The van der Waals surface area contributed by atoms with Crippen molar-refractivity contribution in [3.05, 3.63) is 36.5 Å². The summed E-state index contributed by atoms with van der Waals surface area (Å²) in [7, 11) is 1.33. The normalized spacial score (nSPS) is 9.79. The minimum atomic E-state index is -1.12. The number of unbranched alkanes of at least 4 members (excludes halogenated alkanes) is 10. The van der Waals surface area contributed by atoms with E-state index < -0.39 is 11.9 Å². The van der Waals surface area contributed by atoms with Crippen molar-refractivity contribution in [3.8, 4) is 0 Å². The van der Waals surface area contributed by atoms with Crippen molar-refractivity contribution in [3.63, 3.8) is 0 Å². The fourth-order valence-corrected chi connectivity index (χ4v) is 2.64. The molecule has 0 atom stereocenters. The third kappa shape index (κ3) is 32.2. The molecule has 6 nitrogen and oxygen atoms in total. The van der Waals surface area contributed by atoms with Crippen LogP contribution in [0.15, 0.2) is 36.5 Å². The van der Waals surface area contributed by atoms with Crippen LogP contribution in [0.1, 0.15) is 97.8 Å². The topological polar surface area (TPSA) is 89.9 Å². The third-order valence-corrected chi connectivity index (χ3v) is 4.78. The third-order valence-electron chi connectivity index (χ3n) is 4.47. The Morgan fingerprint density at radius 3 is 1.62 bits per heavy atom. The maximum atomic E-state index is 11.1. The molecule has 0 aromatic rings. The number of carbonyl (C=O) groups excluding carboxylic acids is 2. The molecule has 0 spiro atoms. The lowest BCUT2D eigenvalue weighted by molar-refractivity contribution is -0.138. The van der Waals surface area contributed by atoms with Gasteiger partial charge in [-0.3, -0.25) is 0 Å². The highest BCUT2D eigenvalue weighted by Crippen LogP contribution is 2.10. The van der Waals surface area contributed by atoms with E-state index in [4.69, 9.17) is 9.84 Å². The van der Waals surface area contributed by atoms with Crippen molar-refractivity contribution in [1.29, 1.82) is 0 Å². The smallest absolute Gasteiger partial charge is 0.337 e. The number of hydrogen-bond donors (Lipinski definition) is 2. The fourth-order valence-electron chi connectivity index (χ4n) is 2.42. The number of esters is 2. The molecular weight excluding hydrogens is 452 g/mol. The SMILES string of the molecule is C=C(C)C(=O)OC.C=C(C=CC(=O)O)C(=O)OCCCC.CCCCCCCCCCCCS. The summed E-state index contributed by atoms with van der Waals surface area (Å²) in [6.07, 6.45) is 17.9. The predicted molar refractivity (Wildman–Crippen MR) is 144 cm³/mol. The molecule has 0 bridgehead atoms. The minimum absolute atomic E-state index is 0.0449. The molecule has 0 amide bonds. The van der Waals surface area contributed by atoms with Gasteiger partial charge in [0.05, 0.1) is 19.3 Å². The van der Waals surface area contributed by atoms with Crippen LogP contribution in [-0.4, -0.2) is 42.5 Å². The molecule has 0 aliphatic rings. The molecule has 0 heterocycles. The zero-order valence-corrected chi connectivity index (χ0v) is 22.8. The first-order valence-corrected chi connectivity index (χ1v) is 12.9. The Hall–Kier alpha value is -2.02. The second kappa shape index (κ2) is 29.0. The lowest BCUT2D eigenvalue weighted by Crippen LogP contribution is -2.07. The number of hydrogen-bond acceptors (Lipinski definition) is 6. The second-order valence-electron chi connectivity index (χ2n) is 7.86. The number of thiol groups is 1. The summed E-state index contributed by atoms with van der Waals surface area (Å²) in [6.45, 7) is 12.9. The van der Waals surface area contributed by atoms with Gasteiger partial charge in [-0.15, -0.1) is 0 Å².